The fraction of sp³-hybridized carbons (Fsp3) is 0.222. The summed E-state index contributed by atoms with van der Waals surface area (Å²) in [5, 5.41) is 3.36. The number of carbonyl (C=O) groups is 1. The molecule has 0 aliphatic carbocycles. The van der Waals surface area contributed by atoms with Gasteiger partial charge in [0.2, 0.25) is 0 Å². The second kappa shape index (κ2) is 8.29. The lowest BCUT2D eigenvalue weighted by molar-refractivity contribution is 0.0944. The highest BCUT2D eigenvalue weighted by Gasteiger charge is 2.05. The number of hydrazine groups is 1. The highest BCUT2D eigenvalue weighted by molar-refractivity contribution is 7.80. The van der Waals surface area contributed by atoms with E-state index in [1.807, 2.05) is 36.4 Å². The Balaban J connectivity index is 1.83. The number of amides is 1. The Bertz CT molecular complexity index is 666. The molecular formula is C18H21N3OS. The summed E-state index contributed by atoms with van der Waals surface area (Å²) in [6, 6.07) is 15.5. The predicted octanol–water partition coefficient (Wildman–Crippen LogP) is 3.44. The predicted molar refractivity (Wildman–Crippen MR) is 98.5 cm³/mol. The Morgan fingerprint density at radius 2 is 1.39 bits per heavy atom. The van der Waals surface area contributed by atoms with Crippen molar-refractivity contribution in [3.8, 4) is 0 Å². The van der Waals surface area contributed by atoms with Gasteiger partial charge in [0.15, 0.2) is 5.11 Å². The molecule has 0 aliphatic rings. The number of anilines is 1. The molecule has 0 saturated heterocycles. The molecule has 0 atom stereocenters. The van der Waals surface area contributed by atoms with Gasteiger partial charge in [0.25, 0.3) is 5.91 Å². The number of carbonyl (C=O) groups excluding carboxylic acids is 1. The van der Waals surface area contributed by atoms with Crippen LogP contribution < -0.4 is 16.2 Å². The maximum Gasteiger partial charge on any atom is 0.269 e. The number of nitrogens with one attached hydrogen (secondary N) is 3. The van der Waals surface area contributed by atoms with Gasteiger partial charge in [-0.1, -0.05) is 38.1 Å². The molecule has 0 bridgehead atoms. The van der Waals surface area contributed by atoms with E-state index in [1.54, 1.807) is 12.1 Å². The first-order valence-corrected chi connectivity index (χ1v) is 8.08. The standard InChI is InChI=1S/C18H21N3OS/c1-3-13-5-9-15(10-6-13)17(22)20-21-18(23)19-16-11-7-14(4-2)8-12-16/h5-12H,3-4H2,1-2H3,(H,20,22)(H2,19,21,23). The van der Waals surface area contributed by atoms with Gasteiger partial charge in [0, 0.05) is 11.3 Å². The fourth-order valence-electron chi connectivity index (χ4n) is 2.06. The van der Waals surface area contributed by atoms with Crippen molar-refractivity contribution in [3.63, 3.8) is 0 Å². The smallest absolute Gasteiger partial charge is 0.269 e. The third kappa shape index (κ3) is 5.07. The fourth-order valence-corrected chi connectivity index (χ4v) is 2.23. The Labute approximate surface area is 142 Å². The molecule has 0 unspecified atom stereocenters. The van der Waals surface area contributed by atoms with Crippen molar-refractivity contribution in [2.75, 3.05) is 5.32 Å². The van der Waals surface area contributed by atoms with Crippen LogP contribution in [0.25, 0.3) is 0 Å². The van der Waals surface area contributed by atoms with E-state index in [4.69, 9.17) is 12.2 Å². The Kier molecular flexibility index (Phi) is 6.11. The minimum absolute atomic E-state index is 0.224. The van der Waals surface area contributed by atoms with Crippen LogP contribution in [0.15, 0.2) is 48.5 Å². The van der Waals surface area contributed by atoms with E-state index < -0.39 is 0 Å². The van der Waals surface area contributed by atoms with E-state index >= 15 is 0 Å². The molecule has 0 fully saturated rings. The van der Waals surface area contributed by atoms with E-state index in [-0.39, 0.29) is 5.91 Å². The second-order valence-corrected chi connectivity index (χ2v) is 5.54. The Morgan fingerprint density at radius 3 is 1.91 bits per heavy atom. The van der Waals surface area contributed by atoms with Gasteiger partial charge in [0.05, 0.1) is 0 Å². The van der Waals surface area contributed by atoms with Gasteiger partial charge in [-0.25, -0.2) is 0 Å². The molecule has 4 nitrogen and oxygen atoms in total. The van der Waals surface area contributed by atoms with Crippen molar-refractivity contribution in [2.45, 2.75) is 26.7 Å². The number of thiocarbonyl (C=S) groups is 1. The summed E-state index contributed by atoms with van der Waals surface area (Å²) in [7, 11) is 0. The van der Waals surface area contributed by atoms with Crippen molar-refractivity contribution >= 4 is 28.9 Å². The number of rotatable bonds is 4. The quantitative estimate of drug-likeness (QED) is 0.595. The Hall–Kier alpha value is -2.40. The summed E-state index contributed by atoms with van der Waals surface area (Å²) in [6.07, 6.45) is 1.95. The van der Waals surface area contributed by atoms with E-state index in [0.717, 1.165) is 18.5 Å². The van der Waals surface area contributed by atoms with Gasteiger partial charge in [-0.2, -0.15) is 0 Å². The summed E-state index contributed by atoms with van der Waals surface area (Å²) in [4.78, 5) is 12.0. The van der Waals surface area contributed by atoms with E-state index in [1.165, 1.54) is 11.1 Å². The maximum atomic E-state index is 12.0. The van der Waals surface area contributed by atoms with Crippen LogP contribution in [0.5, 0.6) is 0 Å². The van der Waals surface area contributed by atoms with Crippen LogP contribution >= 0.6 is 12.2 Å². The molecule has 2 aromatic rings. The molecule has 23 heavy (non-hydrogen) atoms. The number of benzene rings is 2. The molecular weight excluding hydrogens is 306 g/mol. The van der Waals surface area contributed by atoms with Crippen LogP contribution in [0.4, 0.5) is 5.69 Å². The Morgan fingerprint density at radius 1 is 0.870 bits per heavy atom. The third-order valence-electron chi connectivity index (χ3n) is 3.53. The van der Waals surface area contributed by atoms with Crippen LogP contribution in [0.1, 0.15) is 35.3 Å². The second-order valence-electron chi connectivity index (χ2n) is 5.13. The lowest BCUT2D eigenvalue weighted by Crippen LogP contribution is -2.43. The summed E-state index contributed by atoms with van der Waals surface area (Å²) in [5.74, 6) is -0.224. The van der Waals surface area contributed by atoms with Crippen molar-refractivity contribution in [2.24, 2.45) is 0 Å². The summed E-state index contributed by atoms with van der Waals surface area (Å²) < 4.78 is 0. The molecule has 0 heterocycles. The van der Waals surface area contributed by atoms with Crippen molar-refractivity contribution in [1.82, 2.24) is 10.9 Å². The van der Waals surface area contributed by atoms with Gasteiger partial charge >= 0.3 is 0 Å². The molecule has 2 aromatic carbocycles. The van der Waals surface area contributed by atoms with E-state index in [2.05, 4.69) is 30.0 Å². The number of hydrogen-bond donors (Lipinski definition) is 3. The van der Waals surface area contributed by atoms with Gasteiger partial charge in [-0.15, -0.1) is 0 Å². The zero-order valence-electron chi connectivity index (χ0n) is 13.3. The van der Waals surface area contributed by atoms with Crippen molar-refractivity contribution < 1.29 is 4.79 Å². The van der Waals surface area contributed by atoms with Crippen molar-refractivity contribution in [3.05, 3.63) is 65.2 Å². The molecule has 2 rings (SSSR count). The normalized spacial score (nSPS) is 10.0. The van der Waals surface area contributed by atoms with Crippen LogP contribution in [0.2, 0.25) is 0 Å². The van der Waals surface area contributed by atoms with Gasteiger partial charge in [0.1, 0.15) is 0 Å². The average Bonchev–Trinajstić information content (AvgIpc) is 2.60. The van der Waals surface area contributed by atoms with Gasteiger partial charge in [-0.3, -0.25) is 15.6 Å². The number of aryl methyl sites for hydroxylation is 2. The molecule has 0 saturated carbocycles. The van der Waals surface area contributed by atoms with Crippen LogP contribution in [0, 0.1) is 0 Å². The molecule has 0 aromatic heterocycles. The zero-order valence-corrected chi connectivity index (χ0v) is 14.2. The first kappa shape index (κ1) is 17.0. The molecule has 120 valence electrons. The largest absolute Gasteiger partial charge is 0.331 e. The summed E-state index contributed by atoms with van der Waals surface area (Å²) in [6.45, 7) is 4.19. The first-order chi connectivity index (χ1) is 11.1. The van der Waals surface area contributed by atoms with Crippen molar-refractivity contribution in [1.29, 1.82) is 0 Å². The number of hydrogen-bond acceptors (Lipinski definition) is 2. The minimum atomic E-state index is -0.224. The average molecular weight is 327 g/mol. The highest BCUT2D eigenvalue weighted by atomic mass is 32.1. The molecule has 0 aliphatic heterocycles. The van der Waals surface area contributed by atoms with Crippen LogP contribution in [0.3, 0.4) is 0 Å². The molecule has 3 N–H and O–H groups in total. The molecule has 0 radical (unpaired) electrons. The first-order valence-electron chi connectivity index (χ1n) is 7.67. The minimum Gasteiger partial charge on any atom is -0.331 e. The lowest BCUT2D eigenvalue weighted by Gasteiger charge is -2.12. The molecule has 5 heteroatoms. The topological polar surface area (TPSA) is 53.2 Å². The lowest BCUT2D eigenvalue weighted by atomic mass is 10.1. The molecule has 0 spiro atoms. The third-order valence-corrected chi connectivity index (χ3v) is 3.74. The summed E-state index contributed by atoms with van der Waals surface area (Å²) >= 11 is 5.17. The maximum absolute atomic E-state index is 12.0. The van der Waals surface area contributed by atoms with Gasteiger partial charge < -0.3 is 5.32 Å². The van der Waals surface area contributed by atoms with Crippen LogP contribution in [-0.4, -0.2) is 11.0 Å². The molecule has 1 amide bonds. The van der Waals surface area contributed by atoms with Gasteiger partial charge in [-0.05, 0) is 60.5 Å². The summed E-state index contributed by atoms with van der Waals surface area (Å²) in [5.41, 5.74) is 9.22. The van der Waals surface area contributed by atoms with E-state index in [9.17, 15) is 4.79 Å². The SMILES string of the molecule is CCc1ccc(NC(=S)NNC(=O)c2ccc(CC)cc2)cc1. The monoisotopic (exact) mass is 327 g/mol. The van der Waals surface area contributed by atoms with Crippen LogP contribution in [-0.2, 0) is 12.8 Å². The van der Waals surface area contributed by atoms with E-state index in [0.29, 0.717) is 10.7 Å². The zero-order chi connectivity index (χ0) is 16.7. The highest BCUT2D eigenvalue weighted by Crippen LogP contribution is 2.09.